The maximum atomic E-state index is 9.03. The van der Waals surface area contributed by atoms with Crippen molar-refractivity contribution in [2.75, 3.05) is 18.5 Å². The number of hydrogen-bond donors (Lipinski definition) is 2. The van der Waals surface area contributed by atoms with E-state index >= 15 is 0 Å². The van der Waals surface area contributed by atoms with E-state index in [4.69, 9.17) is 9.84 Å². The maximum Gasteiger partial charge on any atom is 0.119 e. The van der Waals surface area contributed by atoms with E-state index in [9.17, 15) is 0 Å². The van der Waals surface area contributed by atoms with Gasteiger partial charge < -0.3 is 15.2 Å². The average molecular weight is 243 g/mol. The molecule has 0 unspecified atom stereocenters. The van der Waals surface area contributed by atoms with Gasteiger partial charge in [-0.2, -0.15) is 0 Å². The zero-order chi connectivity index (χ0) is 12.6. The van der Waals surface area contributed by atoms with Crippen LogP contribution in [0.2, 0.25) is 0 Å². The highest BCUT2D eigenvalue weighted by molar-refractivity contribution is 5.45. The molecule has 0 aliphatic heterocycles. The lowest BCUT2D eigenvalue weighted by molar-refractivity contribution is 0.282. The Morgan fingerprint density at radius 3 is 2.61 bits per heavy atom. The molecule has 3 nitrogen and oxygen atoms in total. The number of para-hydroxylation sites is 1. The zero-order valence-corrected chi connectivity index (χ0v) is 10.2. The quantitative estimate of drug-likeness (QED) is 0.766. The van der Waals surface area contributed by atoms with Gasteiger partial charge in [0.15, 0.2) is 0 Å². The molecular weight excluding hydrogens is 226 g/mol. The minimum Gasteiger partial charge on any atom is -0.492 e. The predicted molar refractivity (Wildman–Crippen MR) is 72.8 cm³/mol. The van der Waals surface area contributed by atoms with Crippen LogP contribution in [0.25, 0.3) is 0 Å². The van der Waals surface area contributed by atoms with Gasteiger partial charge in [-0.05, 0) is 29.8 Å². The lowest BCUT2D eigenvalue weighted by atomic mass is 10.2. The van der Waals surface area contributed by atoms with Crippen molar-refractivity contribution in [3.8, 4) is 5.75 Å². The van der Waals surface area contributed by atoms with Crippen LogP contribution in [0.1, 0.15) is 5.56 Å². The topological polar surface area (TPSA) is 41.5 Å². The van der Waals surface area contributed by atoms with E-state index in [0.29, 0.717) is 6.61 Å². The first-order chi connectivity index (χ1) is 8.88. The number of anilines is 1. The summed E-state index contributed by atoms with van der Waals surface area (Å²) in [5.41, 5.74) is 1.90. The van der Waals surface area contributed by atoms with Crippen molar-refractivity contribution < 1.29 is 9.84 Å². The van der Waals surface area contributed by atoms with Crippen molar-refractivity contribution in [1.82, 2.24) is 0 Å². The summed E-state index contributed by atoms with van der Waals surface area (Å²) in [5, 5.41) is 12.3. The molecule has 3 heteroatoms. The first-order valence-electron chi connectivity index (χ1n) is 6.00. The van der Waals surface area contributed by atoms with Gasteiger partial charge in [-0.15, -0.1) is 0 Å². The molecule has 0 aliphatic carbocycles. The molecule has 0 bridgehead atoms. The summed E-state index contributed by atoms with van der Waals surface area (Å²) in [6.07, 6.45) is 0. The molecule has 0 fully saturated rings. The number of aliphatic hydroxyl groups excluding tert-OH is 1. The second-order valence-corrected chi connectivity index (χ2v) is 3.95. The Hall–Kier alpha value is -2.00. The molecule has 0 aromatic heterocycles. The molecule has 2 N–H and O–H groups in total. The molecule has 0 radical (unpaired) electrons. The average Bonchev–Trinajstić information content (AvgIpc) is 2.45. The summed E-state index contributed by atoms with van der Waals surface area (Å²) < 4.78 is 5.57. The van der Waals surface area contributed by atoms with Crippen molar-refractivity contribution >= 4 is 5.69 Å². The van der Waals surface area contributed by atoms with Gasteiger partial charge in [0.1, 0.15) is 12.4 Å². The number of aliphatic hydroxyl groups is 1. The Labute approximate surface area is 107 Å². The van der Waals surface area contributed by atoms with Crippen molar-refractivity contribution in [2.24, 2.45) is 0 Å². The van der Waals surface area contributed by atoms with Gasteiger partial charge in [-0.1, -0.05) is 30.3 Å². The molecule has 94 valence electrons. The Kier molecular flexibility index (Phi) is 4.61. The van der Waals surface area contributed by atoms with E-state index in [0.717, 1.165) is 23.5 Å². The Bertz CT molecular complexity index is 471. The number of ether oxygens (including phenoxy) is 1. The third kappa shape index (κ3) is 3.79. The van der Waals surface area contributed by atoms with E-state index in [2.05, 4.69) is 5.32 Å². The van der Waals surface area contributed by atoms with Crippen molar-refractivity contribution in [2.45, 2.75) is 6.61 Å². The molecule has 0 aliphatic rings. The van der Waals surface area contributed by atoms with E-state index < -0.39 is 0 Å². The second kappa shape index (κ2) is 6.67. The molecule has 0 saturated carbocycles. The van der Waals surface area contributed by atoms with Gasteiger partial charge in [0.2, 0.25) is 0 Å². The first kappa shape index (κ1) is 12.5. The highest BCUT2D eigenvalue weighted by atomic mass is 16.5. The van der Waals surface area contributed by atoms with Gasteiger partial charge in [-0.25, -0.2) is 0 Å². The van der Waals surface area contributed by atoms with E-state index in [1.54, 1.807) is 0 Å². The van der Waals surface area contributed by atoms with E-state index in [-0.39, 0.29) is 6.61 Å². The Morgan fingerprint density at radius 1 is 1.00 bits per heavy atom. The minimum atomic E-state index is 0.0655. The van der Waals surface area contributed by atoms with Crippen LogP contribution in [0.3, 0.4) is 0 Å². The fourth-order valence-electron chi connectivity index (χ4n) is 1.66. The summed E-state index contributed by atoms with van der Waals surface area (Å²) in [6.45, 7) is 1.40. The molecule has 0 saturated heterocycles. The predicted octanol–water partition coefficient (Wildman–Crippen LogP) is 2.67. The van der Waals surface area contributed by atoms with Crippen molar-refractivity contribution in [1.29, 1.82) is 0 Å². The molecule has 0 atom stereocenters. The van der Waals surface area contributed by atoms with Crippen LogP contribution in [0.4, 0.5) is 5.69 Å². The minimum absolute atomic E-state index is 0.0655. The summed E-state index contributed by atoms with van der Waals surface area (Å²) in [6, 6.07) is 17.5. The van der Waals surface area contributed by atoms with Gasteiger partial charge in [0, 0.05) is 12.2 Å². The molecule has 18 heavy (non-hydrogen) atoms. The largest absolute Gasteiger partial charge is 0.492 e. The van der Waals surface area contributed by atoms with Crippen LogP contribution >= 0.6 is 0 Å². The fraction of sp³-hybridized carbons (Fsp3) is 0.200. The molecule has 0 amide bonds. The van der Waals surface area contributed by atoms with Crippen LogP contribution in [0.5, 0.6) is 5.75 Å². The summed E-state index contributed by atoms with van der Waals surface area (Å²) in [4.78, 5) is 0. The number of benzene rings is 2. The molecule has 0 heterocycles. The lowest BCUT2D eigenvalue weighted by Crippen LogP contribution is -2.11. The molecular formula is C15H17NO2. The third-order valence-electron chi connectivity index (χ3n) is 2.55. The first-order valence-corrected chi connectivity index (χ1v) is 6.00. The highest BCUT2D eigenvalue weighted by Gasteiger charge is 1.95. The van der Waals surface area contributed by atoms with Crippen LogP contribution in [-0.4, -0.2) is 18.3 Å². The second-order valence-electron chi connectivity index (χ2n) is 3.95. The van der Waals surface area contributed by atoms with E-state index in [1.807, 2.05) is 54.6 Å². The zero-order valence-electron chi connectivity index (χ0n) is 10.2. The monoisotopic (exact) mass is 243 g/mol. The third-order valence-corrected chi connectivity index (χ3v) is 2.55. The van der Waals surface area contributed by atoms with Crippen molar-refractivity contribution in [3.63, 3.8) is 0 Å². The highest BCUT2D eigenvalue weighted by Crippen LogP contribution is 2.11. The molecule has 2 aromatic rings. The SMILES string of the molecule is OCc1cccc(NCCOc2ccccc2)c1. The number of rotatable bonds is 6. The molecule has 2 rings (SSSR count). The number of hydrogen-bond acceptors (Lipinski definition) is 3. The van der Waals surface area contributed by atoms with Crippen molar-refractivity contribution in [3.05, 3.63) is 60.2 Å². The van der Waals surface area contributed by atoms with Gasteiger partial charge in [-0.3, -0.25) is 0 Å². The van der Waals surface area contributed by atoms with E-state index in [1.165, 1.54) is 0 Å². The summed E-state index contributed by atoms with van der Waals surface area (Å²) in [7, 11) is 0. The lowest BCUT2D eigenvalue weighted by Gasteiger charge is -2.09. The summed E-state index contributed by atoms with van der Waals surface area (Å²) in [5.74, 6) is 0.878. The normalized spacial score (nSPS) is 10.1. The van der Waals surface area contributed by atoms with Crippen LogP contribution in [-0.2, 0) is 6.61 Å². The standard InChI is InChI=1S/C15H17NO2/c17-12-13-5-4-6-14(11-13)16-9-10-18-15-7-2-1-3-8-15/h1-8,11,16-17H,9-10,12H2. The Balaban J connectivity index is 1.75. The fourth-order valence-corrected chi connectivity index (χ4v) is 1.66. The molecule has 0 spiro atoms. The van der Waals surface area contributed by atoms with Crippen LogP contribution in [0.15, 0.2) is 54.6 Å². The summed E-state index contributed by atoms with van der Waals surface area (Å²) >= 11 is 0. The van der Waals surface area contributed by atoms with Gasteiger partial charge >= 0.3 is 0 Å². The van der Waals surface area contributed by atoms with Crippen LogP contribution in [0, 0.1) is 0 Å². The Morgan fingerprint density at radius 2 is 1.83 bits per heavy atom. The smallest absolute Gasteiger partial charge is 0.119 e. The van der Waals surface area contributed by atoms with Gasteiger partial charge in [0.25, 0.3) is 0 Å². The molecule has 2 aromatic carbocycles. The van der Waals surface area contributed by atoms with Crippen LogP contribution < -0.4 is 10.1 Å². The number of nitrogens with one attached hydrogen (secondary N) is 1. The van der Waals surface area contributed by atoms with Gasteiger partial charge in [0.05, 0.1) is 6.61 Å². The maximum absolute atomic E-state index is 9.03.